The maximum atomic E-state index is 12.5. The van der Waals surface area contributed by atoms with Crippen molar-refractivity contribution in [2.45, 2.75) is 29.5 Å². The van der Waals surface area contributed by atoms with Crippen molar-refractivity contribution in [3.63, 3.8) is 0 Å². The van der Waals surface area contributed by atoms with Gasteiger partial charge in [0.05, 0.1) is 0 Å². The molecule has 0 amide bonds. The molecule has 9 heteroatoms. The van der Waals surface area contributed by atoms with Crippen molar-refractivity contribution in [3.05, 3.63) is 116 Å². The Kier molecular flexibility index (Phi) is 8.09. The molecule has 3 aromatic rings. The number of carbonyl (C=O) groups is 2. The van der Waals surface area contributed by atoms with Crippen LogP contribution in [0.4, 0.5) is 0 Å². The Balaban J connectivity index is 1.51. The summed E-state index contributed by atoms with van der Waals surface area (Å²) < 4.78 is 17.1. The Morgan fingerprint density at radius 3 is 2.26 bits per heavy atom. The van der Waals surface area contributed by atoms with Gasteiger partial charge in [-0.25, -0.2) is 0 Å². The fraction of sp³-hybridized carbons (Fsp3) is 0.231. The Bertz CT molecular complexity index is 1250. The van der Waals surface area contributed by atoms with Gasteiger partial charge in [0.2, 0.25) is 0 Å². The molecule has 3 unspecified atom stereocenters. The second-order valence-electron chi connectivity index (χ2n) is 7.99. The van der Waals surface area contributed by atoms with E-state index in [-0.39, 0.29) is 10.5 Å². The Morgan fingerprint density at radius 1 is 0.971 bits per heavy atom. The predicted molar refractivity (Wildman–Crippen MR) is 123 cm³/mol. The van der Waals surface area contributed by atoms with Crippen LogP contribution in [0.3, 0.4) is 0 Å². The Hall–Kier alpha value is -3.31. The number of aromatic amines is 1. The average Bonchev–Trinajstić information content (AvgIpc) is 3.23. The van der Waals surface area contributed by atoms with Gasteiger partial charge in [0.15, 0.2) is 0 Å². The molecule has 1 fully saturated rings. The zero-order valence-corrected chi connectivity index (χ0v) is 21.0. The van der Waals surface area contributed by atoms with Gasteiger partial charge in [-0.05, 0) is 0 Å². The van der Waals surface area contributed by atoms with Crippen molar-refractivity contribution in [1.29, 1.82) is 0 Å². The number of hydrogen-bond donors (Lipinski definition) is 1. The molecular formula is C26H23INO7-. The summed E-state index contributed by atoms with van der Waals surface area (Å²) >= 11 is -1.14. The summed E-state index contributed by atoms with van der Waals surface area (Å²) in [7, 11) is 0. The molecule has 3 atom stereocenters. The van der Waals surface area contributed by atoms with Crippen molar-refractivity contribution in [3.8, 4) is 0 Å². The number of rotatable bonds is 7. The van der Waals surface area contributed by atoms with Gasteiger partial charge in [0.25, 0.3) is 0 Å². The van der Waals surface area contributed by atoms with Gasteiger partial charge in [-0.15, -0.1) is 0 Å². The number of alkyl halides is 1. The van der Waals surface area contributed by atoms with Gasteiger partial charge in [0.1, 0.15) is 0 Å². The normalized spacial score (nSPS) is 19.3. The van der Waals surface area contributed by atoms with E-state index in [1.165, 1.54) is 6.07 Å². The average molecular weight is 588 g/mol. The first-order valence-corrected chi connectivity index (χ1v) is 13.1. The molecule has 35 heavy (non-hydrogen) atoms. The molecule has 182 valence electrons. The molecule has 2 heterocycles. The van der Waals surface area contributed by atoms with Crippen LogP contribution >= 0.6 is 0 Å². The molecule has 0 saturated carbocycles. The van der Waals surface area contributed by atoms with Crippen LogP contribution in [0.5, 0.6) is 0 Å². The molecule has 2 aromatic carbocycles. The number of benzene rings is 2. The van der Waals surface area contributed by atoms with Crippen LogP contribution in [0.1, 0.15) is 44.4 Å². The molecule has 4 rings (SSSR count). The Labute approximate surface area is 212 Å². The van der Waals surface area contributed by atoms with Crippen molar-refractivity contribution in [1.82, 2.24) is 4.98 Å². The monoisotopic (exact) mass is 588 g/mol. The van der Waals surface area contributed by atoms with Gasteiger partial charge in [-0.2, -0.15) is 0 Å². The van der Waals surface area contributed by atoms with Crippen molar-refractivity contribution in [2.24, 2.45) is 0 Å². The van der Waals surface area contributed by atoms with E-state index in [9.17, 15) is 19.2 Å². The number of aromatic nitrogens is 1. The number of nitrogens with one attached hydrogen (secondary N) is 1. The fourth-order valence-electron chi connectivity index (χ4n) is 3.63. The molecule has 0 bridgehead atoms. The van der Waals surface area contributed by atoms with E-state index in [0.717, 1.165) is 0 Å². The molecule has 0 radical (unpaired) electrons. The topological polar surface area (TPSA) is 112 Å². The SMILES string of the molecule is Cc1cc(C2CC([I-]OC(=O)c3ccccc3)C(COC(=O)c3ccccc3)O2)cc(=O)[nH]c1=O. The van der Waals surface area contributed by atoms with Crippen LogP contribution in [0.2, 0.25) is 0 Å². The molecule has 8 nitrogen and oxygen atoms in total. The molecule has 1 aliphatic rings. The number of hydrogen-bond acceptors (Lipinski definition) is 7. The number of H-pyrrole nitrogens is 1. The van der Waals surface area contributed by atoms with Gasteiger partial charge >= 0.3 is 213 Å². The summed E-state index contributed by atoms with van der Waals surface area (Å²) in [5.74, 6) is -0.901. The predicted octanol–water partition coefficient (Wildman–Crippen LogP) is -0.0399. The first-order chi connectivity index (χ1) is 16.9. The van der Waals surface area contributed by atoms with E-state index < -0.39 is 56.9 Å². The summed E-state index contributed by atoms with van der Waals surface area (Å²) in [5, 5.41) is 0. The zero-order chi connectivity index (χ0) is 24.8. The van der Waals surface area contributed by atoms with Crippen molar-refractivity contribution >= 4 is 11.9 Å². The number of aryl methyl sites for hydroxylation is 1. The van der Waals surface area contributed by atoms with Crippen LogP contribution in [-0.4, -0.2) is 33.6 Å². The summed E-state index contributed by atoms with van der Waals surface area (Å²) in [6.45, 7) is 1.58. The van der Waals surface area contributed by atoms with Gasteiger partial charge in [-0.1, -0.05) is 0 Å². The van der Waals surface area contributed by atoms with Gasteiger partial charge in [-0.3, -0.25) is 0 Å². The summed E-state index contributed by atoms with van der Waals surface area (Å²) in [6, 6.07) is 20.3. The van der Waals surface area contributed by atoms with E-state index in [1.54, 1.807) is 67.6 Å². The molecule has 1 N–H and O–H groups in total. The van der Waals surface area contributed by atoms with Crippen LogP contribution in [0.25, 0.3) is 0 Å². The number of halogens is 1. The second-order valence-corrected chi connectivity index (χ2v) is 10.5. The van der Waals surface area contributed by atoms with Crippen LogP contribution in [0.15, 0.2) is 82.4 Å². The second kappa shape index (κ2) is 11.4. The standard InChI is InChI=1S/C26H23INO7/c1-16-12-19(13-23(29)28-24(16)30)21-14-20(27-35-26(32)18-10-6-3-7-11-18)22(34-21)15-33-25(31)17-8-4-2-5-9-17/h2-13,20-22H,14-15H2,1H3,(H,28,29,30)/q-1. The van der Waals surface area contributed by atoms with E-state index in [4.69, 9.17) is 12.5 Å². The van der Waals surface area contributed by atoms with Crippen LogP contribution < -0.4 is 32.7 Å². The minimum atomic E-state index is -1.14. The van der Waals surface area contributed by atoms with Crippen molar-refractivity contribution in [2.75, 3.05) is 6.61 Å². The van der Waals surface area contributed by atoms with E-state index >= 15 is 0 Å². The third kappa shape index (κ3) is 6.43. The fourth-order valence-corrected chi connectivity index (χ4v) is 5.82. The summed E-state index contributed by atoms with van der Waals surface area (Å²) in [6.07, 6.45) is -0.581. The quantitative estimate of drug-likeness (QED) is 0.234. The summed E-state index contributed by atoms with van der Waals surface area (Å²) in [5.41, 5.74) is 0.812. The Morgan fingerprint density at radius 2 is 1.60 bits per heavy atom. The van der Waals surface area contributed by atoms with E-state index in [0.29, 0.717) is 28.7 Å². The van der Waals surface area contributed by atoms with Gasteiger partial charge in [0, 0.05) is 0 Å². The van der Waals surface area contributed by atoms with Crippen LogP contribution in [-0.2, 0) is 12.5 Å². The summed E-state index contributed by atoms with van der Waals surface area (Å²) in [4.78, 5) is 51.2. The van der Waals surface area contributed by atoms with E-state index in [1.807, 2.05) is 6.07 Å². The minimum absolute atomic E-state index is 0.0292. The molecule has 1 aliphatic heterocycles. The number of esters is 1. The van der Waals surface area contributed by atoms with Gasteiger partial charge < -0.3 is 0 Å². The molecule has 1 saturated heterocycles. The van der Waals surface area contributed by atoms with E-state index in [2.05, 4.69) is 4.98 Å². The first kappa shape index (κ1) is 24.8. The third-order valence-corrected chi connectivity index (χ3v) is 8.07. The zero-order valence-electron chi connectivity index (χ0n) is 18.8. The number of ether oxygens (including phenoxy) is 2. The molecule has 0 spiro atoms. The maximum absolute atomic E-state index is 12.5. The molecular weight excluding hydrogens is 565 g/mol. The molecule has 0 aliphatic carbocycles. The third-order valence-electron chi connectivity index (χ3n) is 5.46. The molecule has 1 aromatic heterocycles. The number of carbonyl (C=O) groups excluding carboxylic acids is 2. The van der Waals surface area contributed by atoms with Crippen LogP contribution in [0, 0.1) is 6.92 Å². The first-order valence-electron chi connectivity index (χ1n) is 10.9. The van der Waals surface area contributed by atoms with Crippen molar-refractivity contribution < 1.29 is 43.7 Å².